The fraction of sp³-hybridized carbons (Fsp3) is 0.480. The molecule has 0 saturated heterocycles. The highest BCUT2D eigenvalue weighted by Gasteiger charge is 2.51. The van der Waals surface area contributed by atoms with Gasteiger partial charge >= 0.3 is 0 Å². The number of methoxy groups -OCH3 is 1. The van der Waals surface area contributed by atoms with Crippen LogP contribution in [0.5, 0.6) is 5.75 Å². The number of amides is 1. The molecule has 4 fully saturated rings. The minimum atomic E-state index is 0.0326. The van der Waals surface area contributed by atoms with Crippen LogP contribution >= 0.6 is 23.1 Å². The van der Waals surface area contributed by atoms with Crippen molar-refractivity contribution < 1.29 is 9.53 Å². The number of rotatable bonds is 7. The van der Waals surface area contributed by atoms with E-state index in [9.17, 15) is 4.79 Å². The van der Waals surface area contributed by atoms with Crippen molar-refractivity contribution >= 4 is 29.0 Å². The third kappa shape index (κ3) is 3.97. The minimum absolute atomic E-state index is 0.0326. The van der Waals surface area contributed by atoms with E-state index in [2.05, 4.69) is 15.5 Å². The molecule has 1 amide bonds. The molecule has 33 heavy (non-hydrogen) atoms. The van der Waals surface area contributed by atoms with Crippen LogP contribution in [-0.4, -0.2) is 39.1 Å². The van der Waals surface area contributed by atoms with E-state index in [1.807, 2.05) is 46.3 Å². The summed E-state index contributed by atoms with van der Waals surface area (Å²) in [5, 5.41) is 15.2. The normalized spacial score (nSPS) is 27.6. The first kappa shape index (κ1) is 21.2. The Hall–Kier alpha value is -2.32. The van der Waals surface area contributed by atoms with Gasteiger partial charge in [0.2, 0.25) is 5.91 Å². The molecule has 4 saturated carbocycles. The summed E-state index contributed by atoms with van der Waals surface area (Å²) in [6, 6.07) is 11.9. The largest absolute Gasteiger partial charge is 0.495 e. The first-order valence-electron chi connectivity index (χ1n) is 11.7. The third-order valence-corrected chi connectivity index (χ3v) is 9.27. The molecule has 172 valence electrons. The molecule has 3 aromatic rings. The number of hydrogen-bond donors (Lipinski definition) is 1. The number of benzene rings is 1. The monoisotopic (exact) mass is 480 g/mol. The van der Waals surface area contributed by atoms with Gasteiger partial charge in [-0.3, -0.25) is 9.36 Å². The summed E-state index contributed by atoms with van der Waals surface area (Å²) in [6.07, 6.45) is 7.60. The summed E-state index contributed by atoms with van der Waals surface area (Å²) in [5.41, 5.74) is 0.905. The molecule has 8 heteroatoms. The molecule has 2 heterocycles. The zero-order valence-corrected chi connectivity index (χ0v) is 20.3. The van der Waals surface area contributed by atoms with Crippen LogP contribution in [-0.2, 0) is 4.79 Å². The Balaban J connectivity index is 1.23. The molecule has 0 unspecified atom stereocenters. The average Bonchev–Trinajstić information content (AvgIpc) is 3.46. The predicted octanol–water partition coefficient (Wildman–Crippen LogP) is 5.18. The molecule has 0 spiro atoms. The Morgan fingerprint density at radius 1 is 1.12 bits per heavy atom. The van der Waals surface area contributed by atoms with Gasteiger partial charge in [0.15, 0.2) is 11.0 Å². The van der Waals surface area contributed by atoms with E-state index in [1.165, 1.54) is 31.0 Å². The first-order chi connectivity index (χ1) is 16.1. The second-order valence-electron chi connectivity index (χ2n) is 9.83. The van der Waals surface area contributed by atoms with Gasteiger partial charge in [0.05, 0.1) is 23.4 Å². The maximum atomic E-state index is 13.1. The van der Waals surface area contributed by atoms with E-state index in [4.69, 9.17) is 4.74 Å². The van der Waals surface area contributed by atoms with Gasteiger partial charge in [0, 0.05) is 5.54 Å². The van der Waals surface area contributed by atoms with E-state index in [0.717, 1.165) is 59.2 Å². The zero-order chi connectivity index (χ0) is 22.4. The lowest BCUT2D eigenvalue weighted by atomic mass is 9.53. The number of nitrogens with zero attached hydrogens (tertiary/aromatic N) is 3. The quantitative estimate of drug-likeness (QED) is 0.472. The molecule has 2 aromatic heterocycles. The summed E-state index contributed by atoms with van der Waals surface area (Å²) in [4.78, 5) is 14.1. The van der Waals surface area contributed by atoms with Crippen LogP contribution in [0.4, 0.5) is 0 Å². The topological polar surface area (TPSA) is 69.0 Å². The second-order valence-corrected chi connectivity index (χ2v) is 11.7. The highest BCUT2D eigenvalue weighted by molar-refractivity contribution is 7.99. The Labute approximate surface area is 202 Å². The van der Waals surface area contributed by atoms with Gasteiger partial charge < -0.3 is 10.1 Å². The molecule has 7 rings (SSSR count). The molecule has 0 atom stereocenters. The molecule has 4 aliphatic carbocycles. The number of carbonyl (C=O) groups excluding carboxylic acids is 1. The van der Waals surface area contributed by atoms with Crippen molar-refractivity contribution in [3.8, 4) is 22.1 Å². The SMILES string of the molecule is COc1ccccc1-n1c(SCC(=O)NC23CC4CC(CC(C4)C2)C3)nnc1-c1cccs1. The van der Waals surface area contributed by atoms with Crippen LogP contribution in [0.3, 0.4) is 0 Å². The van der Waals surface area contributed by atoms with E-state index in [-0.39, 0.29) is 11.4 Å². The van der Waals surface area contributed by atoms with Crippen molar-refractivity contribution in [1.29, 1.82) is 0 Å². The maximum Gasteiger partial charge on any atom is 0.230 e. The van der Waals surface area contributed by atoms with Gasteiger partial charge in [-0.1, -0.05) is 30.0 Å². The number of thiophene rings is 1. The van der Waals surface area contributed by atoms with Gasteiger partial charge in [0.25, 0.3) is 0 Å². The van der Waals surface area contributed by atoms with E-state index in [0.29, 0.717) is 10.9 Å². The van der Waals surface area contributed by atoms with Gasteiger partial charge in [-0.2, -0.15) is 0 Å². The van der Waals surface area contributed by atoms with Crippen molar-refractivity contribution in [3.63, 3.8) is 0 Å². The number of hydrogen-bond acceptors (Lipinski definition) is 6. The maximum absolute atomic E-state index is 13.1. The van der Waals surface area contributed by atoms with E-state index < -0.39 is 0 Å². The lowest BCUT2D eigenvalue weighted by Crippen LogP contribution is -2.60. The molecule has 1 N–H and O–H groups in total. The highest BCUT2D eigenvalue weighted by Crippen LogP contribution is 2.55. The Morgan fingerprint density at radius 2 is 1.85 bits per heavy atom. The number of para-hydroxylation sites is 2. The van der Waals surface area contributed by atoms with Crippen LogP contribution in [0.15, 0.2) is 46.9 Å². The number of ether oxygens (including phenoxy) is 1. The smallest absolute Gasteiger partial charge is 0.230 e. The van der Waals surface area contributed by atoms with Crippen LogP contribution < -0.4 is 10.1 Å². The second kappa shape index (κ2) is 8.47. The van der Waals surface area contributed by atoms with Crippen molar-refractivity contribution in [1.82, 2.24) is 20.1 Å². The lowest BCUT2D eigenvalue weighted by molar-refractivity contribution is -0.124. The highest BCUT2D eigenvalue weighted by atomic mass is 32.2. The fourth-order valence-corrected chi connectivity index (χ4v) is 8.13. The van der Waals surface area contributed by atoms with Gasteiger partial charge in [-0.15, -0.1) is 21.5 Å². The van der Waals surface area contributed by atoms with E-state index in [1.54, 1.807) is 18.4 Å². The van der Waals surface area contributed by atoms with Gasteiger partial charge in [0.1, 0.15) is 5.75 Å². The molecule has 4 bridgehead atoms. The molecule has 0 aliphatic heterocycles. The summed E-state index contributed by atoms with van der Waals surface area (Å²) in [6.45, 7) is 0. The van der Waals surface area contributed by atoms with Crippen LogP contribution in [0.2, 0.25) is 0 Å². The Morgan fingerprint density at radius 3 is 2.52 bits per heavy atom. The van der Waals surface area contributed by atoms with Gasteiger partial charge in [-0.25, -0.2) is 0 Å². The number of thioether (sulfide) groups is 1. The van der Waals surface area contributed by atoms with Crippen molar-refractivity contribution in [3.05, 3.63) is 41.8 Å². The number of nitrogens with one attached hydrogen (secondary N) is 1. The van der Waals surface area contributed by atoms with Crippen LogP contribution in [0, 0.1) is 17.8 Å². The average molecular weight is 481 g/mol. The minimum Gasteiger partial charge on any atom is -0.495 e. The lowest BCUT2D eigenvalue weighted by Gasteiger charge is -2.56. The third-order valence-electron chi connectivity index (χ3n) is 7.48. The number of carbonyl (C=O) groups is 1. The van der Waals surface area contributed by atoms with E-state index >= 15 is 0 Å². The molecule has 6 nitrogen and oxygen atoms in total. The summed E-state index contributed by atoms with van der Waals surface area (Å²) in [7, 11) is 1.67. The van der Waals surface area contributed by atoms with Crippen LogP contribution in [0.25, 0.3) is 16.4 Å². The fourth-order valence-electron chi connectivity index (χ4n) is 6.69. The molecular weight excluding hydrogens is 452 g/mol. The summed E-state index contributed by atoms with van der Waals surface area (Å²) >= 11 is 3.06. The molecular formula is C25H28N4O2S2. The predicted molar refractivity (Wildman–Crippen MR) is 131 cm³/mol. The van der Waals surface area contributed by atoms with Crippen molar-refractivity contribution in [2.45, 2.75) is 49.2 Å². The Kier molecular flexibility index (Phi) is 5.45. The molecule has 4 aliphatic rings. The van der Waals surface area contributed by atoms with Gasteiger partial charge in [-0.05, 0) is 79.9 Å². The van der Waals surface area contributed by atoms with Crippen molar-refractivity contribution in [2.24, 2.45) is 17.8 Å². The Bertz CT molecular complexity index is 1120. The van der Waals surface area contributed by atoms with Crippen LogP contribution in [0.1, 0.15) is 38.5 Å². The number of aromatic nitrogens is 3. The van der Waals surface area contributed by atoms with Crippen molar-refractivity contribution in [2.75, 3.05) is 12.9 Å². The molecule has 1 aromatic carbocycles. The standard InChI is InChI=1S/C25H28N4O2S2/c1-31-20-6-3-2-5-19(20)29-23(21-7-4-8-32-21)27-28-24(29)33-15-22(30)26-25-12-16-9-17(13-25)11-18(10-16)14-25/h2-8,16-18H,9-15H2,1H3,(H,26,30). The first-order valence-corrected chi connectivity index (χ1v) is 13.6. The zero-order valence-electron chi connectivity index (χ0n) is 18.7. The summed E-state index contributed by atoms with van der Waals surface area (Å²) in [5.74, 6) is 4.38. The summed E-state index contributed by atoms with van der Waals surface area (Å²) < 4.78 is 7.63. The molecule has 0 radical (unpaired) electrons.